The van der Waals surface area contributed by atoms with E-state index in [2.05, 4.69) is 24.3 Å². The van der Waals surface area contributed by atoms with Crippen LogP contribution < -0.4 is 5.32 Å². The molecule has 0 fully saturated rings. The van der Waals surface area contributed by atoms with Crippen LogP contribution in [0.2, 0.25) is 0 Å². The summed E-state index contributed by atoms with van der Waals surface area (Å²) in [6, 6.07) is 10.1. The molecule has 2 aromatic rings. The minimum absolute atomic E-state index is 0.0646. The molecule has 0 saturated heterocycles. The predicted molar refractivity (Wildman–Crippen MR) is 80.5 cm³/mol. The zero-order chi connectivity index (χ0) is 14.7. The molecule has 1 heterocycles. The van der Waals surface area contributed by atoms with Gasteiger partial charge in [0.1, 0.15) is 0 Å². The number of aliphatic hydroxyl groups is 1. The molecule has 0 radical (unpaired) electrons. The number of nitrogens with zero attached hydrogens (tertiary/aromatic N) is 2. The van der Waals surface area contributed by atoms with Crippen LogP contribution in [0.4, 0.5) is 0 Å². The Morgan fingerprint density at radius 2 is 1.90 bits per heavy atom. The normalized spacial score (nSPS) is 14.2. The third-order valence-corrected chi connectivity index (χ3v) is 3.83. The van der Waals surface area contributed by atoms with Crippen LogP contribution in [0.5, 0.6) is 0 Å². The fraction of sp³-hybridized carbons (Fsp3) is 0.438. The van der Waals surface area contributed by atoms with E-state index in [0.717, 1.165) is 17.0 Å². The van der Waals surface area contributed by atoms with E-state index in [4.69, 9.17) is 0 Å². The van der Waals surface area contributed by atoms with E-state index in [0.29, 0.717) is 0 Å². The van der Waals surface area contributed by atoms with Crippen LogP contribution >= 0.6 is 0 Å². The van der Waals surface area contributed by atoms with Gasteiger partial charge in [-0.1, -0.05) is 30.3 Å². The van der Waals surface area contributed by atoms with Crippen molar-refractivity contribution < 1.29 is 5.11 Å². The summed E-state index contributed by atoms with van der Waals surface area (Å²) in [5.41, 5.74) is 4.50. The van der Waals surface area contributed by atoms with Crippen molar-refractivity contribution in [3.63, 3.8) is 0 Å². The molecule has 0 bridgehead atoms. The van der Waals surface area contributed by atoms with Crippen LogP contribution in [0.25, 0.3) is 0 Å². The lowest BCUT2D eigenvalue weighted by Crippen LogP contribution is -2.28. The summed E-state index contributed by atoms with van der Waals surface area (Å²) in [4.78, 5) is 0. The van der Waals surface area contributed by atoms with Gasteiger partial charge in [0.05, 0.1) is 18.3 Å². The lowest BCUT2D eigenvalue weighted by molar-refractivity contribution is 0.235. The van der Waals surface area contributed by atoms with Gasteiger partial charge in [-0.05, 0) is 26.3 Å². The van der Waals surface area contributed by atoms with Crippen LogP contribution in [0.1, 0.15) is 41.5 Å². The van der Waals surface area contributed by atoms with E-state index in [-0.39, 0.29) is 18.7 Å². The van der Waals surface area contributed by atoms with Gasteiger partial charge in [-0.25, -0.2) is 0 Å². The monoisotopic (exact) mass is 273 g/mol. The number of hydrogen-bond acceptors (Lipinski definition) is 3. The maximum absolute atomic E-state index is 9.64. The van der Waals surface area contributed by atoms with Crippen LogP contribution in [0.3, 0.4) is 0 Å². The molecule has 4 nitrogen and oxygen atoms in total. The molecule has 20 heavy (non-hydrogen) atoms. The van der Waals surface area contributed by atoms with Crippen molar-refractivity contribution in [3.8, 4) is 0 Å². The van der Waals surface area contributed by atoms with Crippen LogP contribution in [-0.2, 0) is 7.05 Å². The fourth-order valence-electron chi connectivity index (χ4n) is 2.74. The van der Waals surface area contributed by atoms with Crippen molar-refractivity contribution in [1.29, 1.82) is 0 Å². The van der Waals surface area contributed by atoms with Gasteiger partial charge in [0.15, 0.2) is 0 Å². The molecule has 2 rings (SSSR count). The molecule has 2 N–H and O–H groups in total. The standard InChI is InChI=1S/C16H23N3O/c1-11(16-12(2)18-19(4)13(16)3)17-15(10-20)14-8-6-5-7-9-14/h5-9,11,15,17,20H,10H2,1-4H3/t11?,15-/m0/s1. The van der Waals surface area contributed by atoms with E-state index < -0.39 is 0 Å². The Balaban J connectivity index is 2.19. The molecule has 1 aromatic heterocycles. The topological polar surface area (TPSA) is 50.1 Å². The summed E-state index contributed by atoms with van der Waals surface area (Å²) in [5, 5.41) is 17.6. The lowest BCUT2D eigenvalue weighted by Gasteiger charge is -2.22. The van der Waals surface area contributed by atoms with Crippen molar-refractivity contribution in [2.75, 3.05) is 6.61 Å². The molecule has 0 aliphatic rings. The highest BCUT2D eigenvalue weighted by atomic mass is 16.3. The van der Waals surface area contributed by atoms with E-state index in [1.165, 1.54) is 5.56 Å². The van der Waals surface area contributed by atoms with Gasteiger partial charge in [-0.15, -0.1) is 0 Å². The highest BCUT2D eigenvalue weighted by molar-refractivity contribution is 5.28. The predicted octanol–water partition coefficient (Wildman–Crippen LogP) is 2.42. The first-order valence-corrected chi connectivity index (χ1v) is 6.96. The van der Waals surface area contributed by atoms with Crippen LogP contribution in [-0.4, -0.2) is 21.5 Å². The van der Waals surface area contributed by atoms with Gasteiger partial charge < -0.3 is 10.4 Å². The molecule has 1 unspecified atom stereocenters. The Labute approximate surface area is 120 Å². The number of benzene rings is 1. The summed E-state index contributed by atoms with van der Waals surface area (Å²) in [6.07, 6.45) is 0. The Morgan fingerprint density at radius 1 is 1.25 bits per heavy atom. The summed E-state index contributed by atoms with van der Waals surface area (Å²) in [7, 11) is 1.96. The van der Waals surface area contributed by atoms with Gasteiger partial charge in [0.2, 0.25) is 0 Å². The number of aliphatic hydroxyl groups excluding tert-OH is 1. The minimum Gasteiger partial charge on any atom is -0.394 e. The summed E-state index contributed by atoms with van der Waals surface area (Å²) in [5.74, 6) is 0. The second kappa shape index (κ2) is 6.20. The first-order valence-electron chi connectivity index (χ1n) is 6.96. The summed E-state index contributed by atoms with van der Waals surface area (Å²) < 4.78 is 1.90. The molecule has 2 atom stereocenters. The maximum Gasteiger partial charge on any atom is 0.0644 e. The number of rotatable bonds is 5. The third kappa shape index (κ3) is 2.92. The first kappa shape index (κ1) is 14.8. The SMILES string of the molecule is Cc1nn(C)c(C)c1C(C)N[C@@H](CO)c1ccccc1. The smallest absolute Gasteiger partial charge is 0.0644 e. The second-order valence-corrected chi connectivity index (χ2v) is 5.24. The van der Waals surface area contributed by atoms with Crippen molar-refractivity contribution in [2.24, 2.45) is 7.05 Å². The number of hydrogen-bond donors (Lipinski definition) is 2. The van der Waals surface area contributed by atoms with Gasteiger partial charge >= 0.3 is 0 Å². The van der Waals surface area contributed by atoms with Gasteiger partial charge in [0, 0.05) is 24.3 Å². The molecular formula is C16H23N3O. The van der Waals surface area contributed by atoms with Crippen molar-refractivity contribution >= 4 is 0 Å². The van der Waals surface area contributed by atoms with E-state index in [1.807, 2.05) is 49.0 Å². The molecule has 0 saturated carbocycles. The summed E-state index contributed by atoms with van der Waals surface area (Å²) in [6.45, 7) is 6.29. The minimum atomic E-state index is -0.0646. The van der Waals surface area contributed by atoms with Crippen molar-refractivity contribution in [2.45, 2.75) is 32.9 Å². The maximum atomic E-state index is 9.64. The lowest BCUT2D eigenvalue weighted by atomic mass is 10.0. The molecule has 4 heteroatoms. The zero-order valence-electron chi connectivity index (χ0n) is 12.6. The Morgan fingerprint density at radius 3 is 2.40 bits per heavy atom. The largest absolute Gasteiger partial charge is 0.394 e. The molecule has 1 aromatic carbocycles. The first-order chi connectivity index (χ1) is 9.54. The van der Waals surface area contributed by atoms with E-state index in [9.17, 15) is 5.11 Å². The summed E-state index contributed by atoms with van der Waals surface area (Å²) >= 11 is 0. The van der Waals surface area contributed by atoms with Crippen LogP contribution in [0, 0.1) is 13.8 Å². The van der Waals surface area contributed by atoms with E-state index in [1.54, 1.807) is 0 Å². The van der Waals surface area contributed by atoms with Gasteiger partial charge in [-0.3, -0.25) is 4.68 Å². The van der Waals surface area contributed by atoms with Crippen molar-refractivity contribution in [1.82, 2.24) is 15.1 Å². The number of nitrogens with one attached hydrogen (secondary N) is 1. The van der Waals surface area contributed by atoms with Crippen molar-refractivity contribution in [3.05, 3.63) is 52.8 Å². The van der Waals surface area contributed by atoms with Crippen LogP contribution in [0.15, 0.2) is 30.3 Å². The Hall–Kier alpha value is -1.65. The van der Waals surface area contributed by atoms with E-state index >= 15 is 0 Å². The fourth-order valence-corrected chi connectivity index (χ4v) is 2.74. The molecule has 0 aliphatic heterocycles. The zero-order valence-corrected chi connectivity index (χ0v) is 12.6. The molecule has 0 amide bonds. The highest BCUT2D eigenvalue weighted by Gasteiger charge is 2.19. The average Bonchev–Trinajstić information content (AvgIpc) is 2.70. The average molecular weight is 273 g/mol. The number of aromatic nitrogens is 2. The quantitative estimate of drug-likeness (QED) is 0.879. The highest BCUT2D eigenvalue weighted by Crippen LogP contribution is 2.24. The molecular weight excluding hydrogens is 250 g/mol. The molecule has 0 spiro atoms. The third-order valence-electron chi connectivity index (χ3n) is 3.83. The Kier molecular flexibility index (Phi) is 4.57. The number of aryl methyl sites for hydroxylation is 2. The molecule has 0 aliphatic carbocycles. The Bertz CT molecular complexity index is 563. The van der Waals surface area contributed by atoms with Gasteiger partial charge in [0.25, 0.3) is 0 Å². The second-order valence-electron chi connectivity index (χ2n) is 5.24. The van der Waals surface area contributed by atoms with Gasteiger partial charge in [-0.2, -0.15) is 5.10 Å². The molecule has 108 valence electrons.